The first kappa shape index (κ1) is 17.8. The SMILES string of the molecule is Cn1c(NC[C@H](N)Cc2ccccc2F)nc(-c2ccncc2)cc1=O. The van der Waals surface area contributed by atoms with Gasteiger partial charge in [0, 0.05) is 43.7 Å². The maximum Gasteiger partial charge on any atom is 0.255 e. The molecule has 3 rings (SSSR count). The van der Waals surface area contributed by atoms with Gasteiger partial charge in [-0.25, -0.2) is 9.37 Å². The lowest BCUT2D eigenvalue weighted by Gasteiger charge is -2.16. The lowest BCUT2D eigenvalue weighted by Crippen LogP contribution is -2.33. The van der Waals surface area contributed by atoms with Gasteiger partial charge in [0.05, 0.1) is 5.69 Å². The Kier molecular flexibility index (Phi) is 5.38. The molecule has 0 fully saturated rings. The Morgan fingerprint density at radius 2 is 1.96 bits per heavy atom. The lowest BCUT2D eigenvalue weighted by atomic mass is 10.1. The van der Waals surface area contributed by atoms with Crippen LogP contribution in [0.25, 0.3) is 11.3 Å². The molecule has 0 radical (unpaired) electrons. The van der Waals surface area contributed by atoms with Crippen LogP contribution in [0.5, 0.6) is 0 Å². The smallest absolute Gasteiger partial charge is 0.255 e. The summed E-state index contributed by atoms with van der Waals surface area (Å²) < 4.78 is 15.1. The van der Waals surface area contributed by atoms with Crippen LogP contribution in [0.3, 0.4) is 0 Å². The van der Waals surface area contributed by atoms with Crippen molar-refractivity contribution in [2.24, 2.45) is 12.8 Å². The molecule has 1 aromatic carbocycles. The van der Waals surface area contributed by atoms with Crippen molar-refractivity contribution < 1.29 is 4.39 Å². The molecule has 0 unspecified atom stereocenters. The van der Waals surface area contributed by atoms with Crippen molar-refractivity contribution in [3.05, 3.63) is 76.6 Å². The predicted molar refractivity (Wildman–Crippen MR) is 99.3 cm³/mol. The van der Waals surface area contributed by atoms with Crippen LogP contribution in [0.2, 0.25) is 0 Å². The van der Waals surface area contributed by atoms with E-state index in [4.69, 9.17) is 5.73 Å². The summed E-state index contributed by atoms with van der Waals surface area (Å²) in [7, 11) is 1.64. The maximum absolute atomic E-state index is 13.7. The average Bonchev–Trinajstić information content (AvgIpc) is 2.65. The molecule has 6 nitrogen and oxygen atoms in total. The summed E-state index contributed by atoms with van der Waals surface area (Å²) in [5.74, 6) is 0.140. The second-order valence-electron chi connectivity index (χ2n) is 6.03. The van der Waals surface area contributed by atoms with E-state index in [1.807, 2.05) is 0 Å². The number of aromatic nitrogens is 3. The van der Waals surface area contributed by atoms with Crippen molar-refractivity contribution in [2.75, 3.05) is 11.9 Å². The monoisotopic (exact) mass is 353 g/mol. The molecule has 26 heavy (non-hydrogen) atoms. The van der Waals surface area contributed by atoms with Crippen molar-refractivity contribution in [3.63, 3.8) is 0 Å². The quantitative estimate of drug-likeness (QED) is 0.708. The van der Waals surface area contributed by atoms with Crippen molar-refractivity contribution in [1.29, 1.82) is 0 Å². The van der Waals surface area contributed by atoms with Gasteiger partial charge < -0.3 is 11.1 Å². The van der Waals surface area contributed by atoms with Gasteiger partial charge in [-0.2, -0.15) is 0 Å². The zero-order valence-corrected chi connectivity index (χ0v) is 14.4. The van der Waals surface area contributed by atoms with E-state index in [1.165, 1.54) is 16.7 Å². The molecule has 134 valence electrons. The van der Waals surface area contributed by atoms with Crippen LogP contribution >= 0.6 is 0 Å². The molecule has 0 amide bonds. The number of hydrogen-bond acceptors (Lipinski definition) is 5. The summed E-state index contributed by atoms with van der Waals surface area (Å²) in [6, 6.07) is 11.3. The summed E-state index contributed by atoms with van der Waals surface area (Å²) in [6.07, 6.45) is 3.68. The van der Waals surface area contributed by atoms with E-state index in [0.29, 0.717) is 30.2 Å². The van der Waals surface area contributed by atoms with Gasteiger partial charge in [-0.3, -0.25) is 14.3 Å². The number of nitrogens with two attached hydrogens (primary N) is 1. The van der Waals surface area contributed by atoms with Crippen LogP contribution in [0, 0.1) is 5.82 Å². The normalized spacial score (nSPS) is 12.0. The number of rotatable bonds is 6. The fraction of sp³-hybridized carbons (Fsp3) is 0.211. The molecule has 0 aliphatic rings. The highest BCUT2D eigenvalue weighted by Crippen LogP contribution is 2.15. The molecule has 2 heterocycles. The van der Waals surface area contributed by atoms with E-state index in [9.17, 15) is 9.18 Å². The van der Waals surface area contributed by atoms with Crippen LogP contribution in [0.1, 0.15) is 5.56 Å². The lowest BCUT2D eigenvalue weighted by molar-refractivity contribution is 0.590. The highest BCUT2D eigenvalue weighted by Gasteiger charge is 2.11. The predicted octanol–water partition coefficient (Wildman–Crippen LogP) is 1.96. The summed E-state index contributed by atoms with van der Waals surface area (Å²) in [5.41, 5.74) is 7.85. The Balaban J connectivity index is 1.74. The van der Waals surface area contributed by atoms with Crippen LogP contribution in [0.15, 0.2) is 59.7 Å². The molecule has 0 bridgehead atoms. The number of nitrogens with one attached hydrogen (secondary N) is 1. The third kappa shape index (κ3) is 4.12. The summed E-state index contributed by atoms with van der Waals surface area (Å²) in [6.45, 7) is 0.356. The zero-order chi connectivity index (χ0) is 18.5. The maximum atomic E-state index is 13.7. The average molecular weight is 353 g/mol. The van der Waals surface area contributed by atoms with Gasteiger partial charge in [-0.05, 0) is 30.2 Å². The first-order valence-electron chi connectivity index (χ1n) is 8.26. The van der Waals surface area contributed by atoms with Gasteiger partial charge in [-0.1, -0.05) is 18.2 Å². The number of anilines is 1. The van der Waals surface area contributed by atoms with Gasteiger partial charge >= 0.3 is 0 Å². The Labute approximate surface area is 150 Å². The Morgan fingerprint density at radius 3 is 2.69 bits per heavy atom. The van der Waals surface area contributed by atoms with E-state index in [0.717, 1.165) is 5.56 Å². The van der Waals surface area contributed by atoms with Gasteiger partial charge in [0.2, 0.25) is 5.95 Å². The number of nitrogens with zero attached hydrogens (tertiary/aromatic N) is 3. The van der Waals surface area contributed by atoms with Crippen LogP contribution in [-0.4, -0.2) is 27.1 Å². The van der Waals surface area contributed by atoms with Crippen molar-refractivity contribution in [2.45, 2.75) is 12.5 Å². The van der Waals surface area contributed by atoms with E-state index in [1.54, 1.807) is 49.8 Å². The Bertz CT molecular complexity index is 942. The van der Waals surface area contributed by atoms with E-state index in [2.05, 4.69) is 15.3 Å². The molecular weight excluding hydrogens is 333 g/mol. The first-order valence-corrected chi connectivity index (χ1v) is 8.26. The van der Waals surface area contributed by atoms with Gasteiger partial charge in [0.25, 0.3) is 5.56 Å². The summed E-state index contributed by atoms with van der Waals surface area (Å²) in [4.78, 5) is 20.7. The zero-order valence-electron chi connectivity index (χ0n) is 14.4. The number of pyridine rings is 1. The minimum atomic E-state index is -0.326. The molecule has 0 aliphatic heterocycles. The van der Waals surface area contributed by atoms with Crippen molar-refractivity contribution in [1.82, 2.24) is 14.5 Å². The molecule has 0 spiro atoms. The third-order valence-electron chi connectivity index (χ3n) is 4.07. The van der Waals surface area contributed by atoms with Crippen molar-refractivity contribution in [3.8, 4) is 11.3 Å². The van der Waals surface area contributed by atoms with Gasteiger partial charge in [0.1, 0.15) is 5.82 Å². The number of hydrogen-bond donors (Lipinski definition) is 2. The molecule has 3 N–H and O–H groups in total. The standard InChI is InChI=1S/C19H20FN5O/c1-25-18(26)11-17(13-6-8-22-9-7-13)24-19(25)23-12-15(21)10-14-4-2-3-5-16(14)20/h2-9,11,15H,10,12,21H2,1H3,(H,23,24)/t15-/m1/s1. The fourth-order valence-corrected chi connectivity index (χ4v) is 2.61. The van der Waals surface area contributed by atoms with Gasteiger partial charge in [-0.15, -0.1) is 0 Å². The largest absolute Gasteiger partial charge is 0.354 e. The number of benzene rings is 1. The fourth-order valence-electron chi connectivity index (χ4n) is 2.61. The van der Waals surface area contributed by atoms with Crippen LogP contribution < -0.4 is 16.6 Å². The molecule has 7 heteroatoms. The minimum Gasteiger partial charge on any atom is -0.354 e. The molecule has 2 aromatic heterocycles. The van der Waals surface area contributed by atoms with Crippen molar-refractivity contribution >= 4 is 5.95 Å². The molecular formula is C19H20FN5O. The molecule has 0 saturated carbocycles. The van der Waals surface area contributed by atoms with Crippen LogP contribution in [-0.2, 0) is 13.5 Å². The van der Waals surface area contributed by atoms with E-state index in [-0.39, 0.29) is 17.4 Å². The van der Waals surface area contributed by atoms with E-state index >= 15 is 0 Å². The Morgan fingerprint density at radius 1 is 1.23 bits per heavy atom. The second kappa shape index (κ2) is 7.88. The summed E-state index contributed by atoms with van der Waals surface area (Å²) >= 11 is 0. The van der Waals surface area contributed by atoms with Crippen LogP contribution in [0.4, 0.5) is 10.3 Å². The highest BCUT2D eigenvalue weighted by atomic mass is 19.1. The first-order chi connectivity index (χ1) is 12.5. The third-order valence-corrected chi connectivity index (χ3v) is 4.07. The number of halogens is 1. The highest BCUT2D eigenvalue weighted by molar-refractivity contribution is 5.59. The van der Waals surface area contributed by atoms with Gasteiger partial charge in [0.15, 0.2) is 0 Å². The topological polar surface area (TPSA) is 85.8 Å². The molecule has 0 aliphatic carbocycles. The minimum absolute atomic E-state index is 0.183. The summed E-state index contributed by atoms with van der Waals surface area (Å²) in [5, 5.41) is 3.09. The Hall–Kier alpha value is -3.06. The molecule has 0 saturated heterocycles. The second-order valence-corrected chi connectivity index (χ2v) is 6.03. The van der Waals surface area contributed by atoms with E-state index < -0.39 is 0 Å². The molecule has 1 atom stereocenters. The molecule has 3 aromatic rings.